The molecule has 2 aliphatic rings. The van der Waals surface area contributed by atoms with Crippen molar-refractivity contribution >= 4 is 60.5 Å². The fraction of sp³-hybridized carbons (Fsp3) is 0.455. The van der Waals surface area contributed by atoms with Gasteiger partial charge in [-0.15, -0.1) is 0 Å². The Morgan fingerprint density at radius 1 is 1.42 bits per heavy atom. The van der Waals surface area contributed by atoms with Gasteiger partial charge >= 0.3 is 160 Å². The number of aromatic nitrogens is 1. The number of anilines is 1. The Morgan fingerprint density at radius 3 is 2.82 bits per heavy atom. The van der Waals surface area contributed by atoms with Crippen molar-refractivity contribution in [2.24, 2.45) is 5.10 Å². The molecule has 0 amide bonds. The second kappa shape index (κ2) is 9.89. The zero-order chi connectivity index (χ0) is 23.7. The third-order valence-electron chi connectivity index (χ3n) is 6.25. The van der Waals surface area contributed by atoms with Crippen molar-refractivity contribution in [2.45, 2.75) is 31.8 Å². The van der Waals surface area contributed by atoms with Gasteiger partial charge in [0.05, 0.1) is 0 Å². The molecule has 1 saturated heterocycles. The average Bonchev–Trinajstić information content (AvgIpc) is 3.62. The summed E-state index contributed by atoms with van der Waals surface area (Å²) < 4.78 is 26.2. The van der Waals surface area contributed by atoms with E-state index in [1.54, 1.807) is 6.20 Å². The molecule has 4 rings (SSSR count). The number of nitrogens with one attached hydrogen (secondary N) is 2. The van der Waals surface area contributed by atoms with E-state index < -0.39 is 5.82 Å². The molecule has 1 unspecified atom stereocenters. The van der Waals surface area contributed by atoms with Gasteiger partial charge in [-0.25, -0.2) is 0 Å². The normalized spacial score (nSPS) is 19.0. The Bertz CT molecular complexity index is 1180. The summed E-state index contributed by atoms with van der Waals surface area (Å²) in [6.07, 6.45) is 5.20. The molecule has 2 heterocycles. The van der Waals surface area contributed by atoms with Crippen molar-refractivity contribution in [3.05, 3.63) is 33.9 Å². The van der Waals surface area contributed by atoms with Gasteiger partial charge in [-0.05, 0) is 14.0 Å². The number of fused-ring (bicyclic) bond motifs is 1. The van der Waals surface area contributed by atoms with E-state index in [4.69, 9.17) is 17.0 Å². The SMILES string of the molecule is [CH2]=[Al][NH]C(=S)N/N=C/c1cn(C2CC2)c2c(OC)c(N3CCN(C)C(C)C3)c(F)cc2c1=O. The number of hydrogen-bond donors (Lipinski definition) is 2. The summed E-state index contributed by atoms with van der Waals surface area (Å²) >= 11 is 4.83. The molecule has 2 aromatic rings. The van der Waals surface area contributed by atoms with Crippen LogP contribution in [0.2, 0.25) is 0 Å². The number of hydrogen-bond acceptors (Lipinski definition) is 6. The Balaban J connectivity index is 1.84. The van der Waals surface area contributed by atoms with E-state index in [1.807, 2.05) is 9.47 Å². The molecule has 2 N–H and O–H groups in total. The molecule has 0 radical (unpaired) electrons. The van der Waals surface area contributed by atoms with Crippen LogP contribution in [-0.2, 0) is 0 Å². The molecule has 1 atom stereocenters. The van der Waals surface area contributed by atoms with Gasteiger partial charge in [0.15, 0.2) is 0 Å². The van der Waals surface area contributed by atoms with Crippen LogP contribution in [-0.4, -0.2) is 81.0 Å². The van der Waals surface area contributed by atoms with Gasteiger partial charge in [-0.2, -0.15) is 0 Å². The zero-order valence-electron chi connectivity index (χ0n) is 19.1. The average molecular weight is 487 g/mol. The number of likely N-dealkylation sites (N-methyl/N-ethyl adjacent to an activating group) is 1. The number of thiocarbonyl (C=S) groups is 1. The minimum atomic E-state index is -0.452. The Morgan fingerprint density at radius 2 is 2.18 bits per heavy atom. The van der Waals surface area contributed by atoms with E-state index in [9.17, 15) is 4.79 Å². The molecule has 2 fully saturated rings. The second-order valence-electron chi connectivity index (χ2n) is 8.51. The number of rotatable bonds is 6. The maximum absolute atomic E-state index is 15.5. The van der Waals surface area contributed by atoms with E-state index >= 15 is 4.39 Å². The molecule has 33 heavy (non-hydrogen) atoms. The summed E-state index contributed by atoms with van der Waals surface area (Å²) in [6, 6.07) is 1.87. The van der Waals surface area contributed by atoms with E-state index in [0.29, 0.717) is 40.7 Å². The Labute approximate surface area is 203 Å². The molecule has 1 saturated carbocycles. The monoisotopic (exact) mass is 486 g/mol. The predicted molar refractivity (Wildman–Crippen MR) is 137 cm³/mol. The third kappa shape index (κ3) is 4.82. The van der Waals surface area contributed by atoms with E-state index in [1.165, 1.54) is 19.4 Å². The van der Waals surface area contributed by atoms with Crippen LogP contribution in [0.1, 0.15) is 31.4 Å². The number of nitrogens with zero attached hydrogens (tertiary/aromatic N) is 4. The summed E-state index contributed by atoms with van der Waals surface area (Å²) in [5.74, 6) is -0.0391. The molecule has 0 spiro atoms. The van der Waals surface area contributed by atoms with Crippen molar-refractivity contribution in [3.8, 4) is 5.75 Å². The van der Waals surface area contributed by atoms with Crippen molar-refractivity contribution < 1.29 is 9.13 Å². The maximum atomic E-state index is 15.5. The van der Waals surface area contributed by atoms with Gasteiger partial charge in [0.25, 0.3) is 0 Å². The number of benzene rings is 1. The van der Waals surface area contributed by atoms with E-state index in [0.717, 1.165) is 19.4 Å². The molecular formula is C22H28AlFN6O2S. The fourth-order valence-corrected chi connectivity index (χ4v) is 4.77. The molecule has 8 nitrogen and oxygen atoms in total. The van der Waals surface area contributed by atoms with Crippen LogP contribution in [0.25, 0.3) is 10.9 Å². The van der Waals surface area contributed by atoms with E-state index in [-0.39, 0.29) is 37.9 Å². The van der Waals surface area contributed by atoms with Gasteiger partial charge in [0, 0.05) is 25.7 Å². The summed E-state index contributed by atoms with van der Waals surface area (Å²) in [6.45, 7) is 4.32. The number of halogens is 1. The van der Waals surface area contributed by atoms with Crippen molar-refractivity contribution in [1.29, 1.82) is 0 Å². The van der Waals surface area contributed by atoms with E-state index in [2.05, 4.69) is 39.1 Å². The van der Waals surface area contributed by atoms with Crippen LogP contribution in [0.15, 0.2) is 22.2 Å². The van der Waals surface area contributed by atoms with Crippen molar-refractivity contribution in [1.82, 2.24) is 19.2 Å². The summed E-state index contributed by atoms with van der Waals surface area (Å²) in [4.78, 5) is 17.6. The molecule has 1 aromatic heterocycles. The molecular weight excluding hydrogens is 458 g/mol. The molecule has 11 heteroatoms. The first-order chi connectivity index (χ1) is 15.8. The van der Waals surface area contributed by atoms with Crippen molar-refractivity contribution in [3.63, 3.8) is 0 Å². The first-order valence-electron chi connectivity index (χ1n) is 11.0. The number of piperazine rings is 1. The summed E-state index contributed by atoms with van der Waals surface area (Å²) in [5, 5.41) is 8.45. The molecule has 174 valence electrons. The van der Waals surface area contributed by atoms with Crippen LogP contribution in [0, 0.1) is 5.82 Å². The first kappa shape index (κ1) is 23.8. The quantitative estimate of drug-likeness (QED) is 0.277. The summed E-state index contributed by atoms with van der Waals surface area (Å²) in [5.41, 5.74) is 3.79. The van der Waals surface area contributed by atoms with Gasteiger partial charge in [0.1, 0.15) is 0 Å². The molecule has 1 aromatic carbocycles. The zero-order valence-corrected chi connectivity index (χ0v) is 21.1. The standard InChI is InChI=1S/C21H27FN6O2S.CH2.Al/c1-12-10-27(7-6-26(12)2)18-16(22)8-15-17(20(18)30-3)28(14-4-5-14)11-13(19(15)29)9-24-25-21(23)31;;/h8-9,11-12,14H,4-7,10H2,1-3H3,(H3,23,25,31);1H2;/q;;+1/p-1/b24-9+;;. The fourth-order valence-electron chi connectivity index (χ4n) is 4.22. The molecule has 1 aliphatic heterocycles. The predicted octanol–water partition coefficient (Wildman–Crippen LogP) is 1.47. The van der Waals surface area contributed by atoms with Gasteiger partial charge in [0.2, 0.25) is 0 Å². The third-order valence-corrected chi connectivity index (χ3v) is 7.16. The summed E-state index contributed by atoms with van der Waals surface area (Å²) in [7, 11) is 3.61. The number of methoxy groups -OCH3 is 1. The van der Waals surface area contributed by atoms with Crippen LogP contribution in [0.5, 0.6) is 5.75 Å². The minimum absolute atomic E-state index is 0.240. The number of pyridine rings is 1. The topological polar surface area (TPSA) is 74.1 Å². The Hall–Kier alpha value is -2.32. The van der Waals surface area contributed by atoms with Gasteiger partial charge in [-0.3, -0.25) is 0 Å². The second-order valence-corrected chi connectivity index (χ2v) is 9.62. The molecule has 1 aliphatic carbocycles. The molecule has 0 bridgehead atoms. The van der Waals surface area contributed by atoms with Gasteiger partial charge in [-0.1, -0.05) is 0 Å². The van der Waals surface area contributed by atoms with Crippen LogP contribution in [0.4, 0.5) is 10.1 Å². The van der Waals surface area contributed by atoms with Crippen LogP contribution in [0.3, 0.4) is 0 Å². The van der Waals surface area contributed by atoms with Crippen LogP contribution < -0.4 is 24.8 Å². The van der Waals surface area contributed by atoms with Crippen molar-refractivity contribution in [2.75, 3.05) is 38.7 Å². The van der Waals surface area contributed by atoms with Gasteiger partial charge < -0.3 is 4.90 Å². The Kier molecular flexibility index (Phi) is 7.14. The first-order valence-corrected chi connectivity index (χ1v) is 12.8. The number of ether oxygens (including phenoxy) is 1. The number of hydrazone groups is 1. The van der Waals surface area contributed by atoms with Crippen LogP contribution >= 0.6 is 12.2 Å².